The Kier molecular flexibility index (Phi) is 4.10. The summed E-state index contributed by atoms with van der Waals surface area (Å²) in [5.74, 6) is -0.563. The lowest BCUT2D eigenvalue weighted by Gasteiger charge is -2.08. The van der Waals surface area contributed by atoms with E-state index in [1.807, 2.05) is 0 Å². The zero-order chi connectivity index (χ0) is 15.6. The molecule has 0 saturated heterocycles. The van der Waals surface area contributed by atoms with E-state index in [0.29, 0.717) is 0 Å². The van der Waals surface area contributed by atoms with E-state index in [2.05, 4.69) is 4.72 Å². The molecule has 110 valence electrons. The third-order valence-electron chi connectivity index (χ3n) is 2.52. The van der Waals surface area contributed by atoms with Crippen LogP contribution in [0.2, 0.25) is 5.02 Å². The standard InChI is InChI=1S/C12H8ClFN2O4S/c13-11-7-9(3-6-12(11)16(17)18)15-21(19,20)10-4-1-8(14)2-5-10/h1-7,15H. The average molecular weight is 331 g/mol. The van der Waals surface area contributed by atoms with Crippen molar-refractivity contribution in [3.05, 3.63) is 63.4 Å². The second kappa shape index (κ2) is 5.66. The lowest BCUT2D eigenvalue weighted by Crippen LogP contribution is -2.13. The van der Waals surface area contributed by atoms with Gasteiger partial charge in [0, 0.05) is 6.07 Å². The highest BCUT2D eigenvalue weighted by atomic mass is 35.5. The summed E-state index contributed by atoms with van der Waals surface area (Å²) in [6, 6.07) is 7.65. The summed E-state index contributed by atoms with van der Waals surface area (Å²) in [6.07, 6.45) is 0. The first-order valence-electron chi connectivity index (χ1n) is 5.52. The van der Waals surface area contributed by atoms with E-state index < -0.39 is 20.8 Å². The second-order valence-corrected chi connectivity index (χ2v) is 6.07. The fraction of sp³-hybridized carbons (Fsp3) is 0. The lowest BCUT2D eigenvalue weighted by atomic mass is 10.3. The molecule has 0 aliphatic heterocycles. The summed E-state index contributed by atoms with van der Waals surface area (Å²) in [4.78, 5) is 9.80. The minimum Gasteiger partial charge on any atom is -0.280 e. The van der Waals surface area contributed by atoms with E-state index in [-0.39, 0.29) is 21.3 Å². The molecule has 0 heterocycles. The number of nitrogens with zero attached hydrogens (tertiary/aromatic N) is 1. The van der Waals surface area contributed by atoms with Crippen LogP contribution in [0, 0.1) is 15.9 Å². The van der Waals surface area contributed by atoms with Crippen molar-refractivity contribution in [3.8, 4) is 0 Å². The second-order valence-electron chi connectivity index (χ2n) is 3.98. The van der Waals surface area contributed by atoms with Crippen LogP contribution >= 0.6 is 11.6 Å². The first-order valence-corrected chi connectivity index (χ1v) is 7.38. The van der Waals surface area contributed by atoms with Crippen LogP contribution in [0.4, 0.5) is 15.8 Å². The summed E-state index contributed by atoms with van der Waals surface area (Å²) in [5, 5.41) is 10.4. The van der Waals surface area contributed by atoms with Gasteiger partial charge in [0.2, 0.25) is 0 Å². The Labute approximate surface area is 124 Å². The fourth-order valence-electron chi connectivity index (χ4n) is 1.55. The van der Waals surface area contributed by atoms with Crippen LogP contribution in [0.25, 0.3) is 0 Å². The molecule has 0 aliphatic rings. The molecule has 0 fully saturated rings. The Hall–Kier alpha value is -2.19. The molecule has 0 aliphatic carbocycles. The van der Waals surface area contributed by atoms with E-state index in [1.54, 1.807) is 0 Å². The summed E-state index contributed by atoms with van der Waals surface area (Å²) in [5.41, 5.74) is -0.267. The number of hydrogen-bond donors (Lipinski definition) is 1. The number of nitro groups is 1. The highest BCUT2D eigenvalue weighted by Crippen LogP contribution is 2.28. The highest BCUT2D eigenvalue weighted by molar-refractivity contribution is 7.92. The third-order valence-corrected chi connectivity index (χ3v) is 4.22. The van der Waals surface area contributed by atoms with Gasteiger partial charge in [0.15, 0.2) is 0 Å². The minimum absolute atomic E-state index is 0.0647. The van der Waals surface area contributed by atoms with E-state index in [4.69, 9.17) is 11.6 Å². The summed E-state index contributed by atoms with van der Waals surface area (Å²) in [6.45, 7) is 0. The monoisotopic (exact) mass is 330 g/mol. The van der Waals surface area contributed by atoms with E-state index in [1.165, 1.54) is 6.07 Å². The van der Waals surface area contributed by atoms with Gasteiger partial charge in [-0.05, 0) is 36.4 Å². The number of nitrogens with one attached hydrogen (secondary N) is 1. The lowest BCUT2D eigenvalue weighted by molar-refractivity contribution is -0.384. The Bertz CT molecular complexity index is 793. The molecule has 21 heavy (non-hydrogen) atoms. The quantitative estimate of drug-likeness (QED) is 0.688. The molecule has 0 aromatic heterocycles. The van der Waals surface area contributed by atoms with Crippen LogP contribution in [0.15, 0.2) is 47.4 Å². The van der Waals surface area contributed by atoms with Gasteiger partial charge in [-0.15, -0.1) is 0 Å². The van der Waals surface area contributed by atoms with Crippen LogP contribution in [0.3, 0.4) is 0 Å². The topological polar surface area (TPSA) is 89.3 Å². The molecule has 1 N–H and O–H groups in total. The van der Waals surface area contributed by atoms with Gasteiger partial charge >= 0.3 is 0 Å². The SMILES string of the molecule is O=[N+]([O-])c1ccc(NS(=O)(=O)c2ccc(F)cc2)cc1Cl. The number of nitro benzene ring substituents is 1. The van der Waals surface area contributed by atoms with Crippen molar-refractivity contribution in [2.75, 3.05) is 4.72 Å². The van der Waals surface area contributed by atoms with Crippen molar-refractivity contribution in [2.45, 2.75) is 4.90 Å². The van der Waals surface area contributed by atoms with Crippen molar-refractivity contribution in [2.24, 2.45) is 0 Å². The molecular weight excluding hydrogens is 323 g/mol. The van der Waals surface area contributed by atoms with Crippen molar-refractivity contribution in [1.82, 2.24) is 0 Å². The van der Waals surface area contributed by atoms with Gasteiger partial charge in [0.05, 0.1) is 15.5 Å². The molecule has 2 aromatic carbocycles. The first kappa shape index (κ1) is 15.2. The average Bonchev–Trinajstić information content (AvgIpc) is 2.38. The molecule has 2 rings (SSSR count). The summed E-state index contributed by atoms with van der Waals surface area (Å²) >= 11 is 5.69. The number of halogens is 2. The van der Waals surface area contributed by atoms with Crippen molar-refractivity contribution >= 4 is 33.0 Å². The molecule has 0 bridgehead atoms. The maximum Gasteiger partial charge on any atom is 0.288 e. The highest BCUT2D eigenvalue weighted by Gasteiger charge is 2.17. The Morgan fingerprint density at radius 1 is 1.14 bits per heavy atom. The van der Waals surface area contributed by atoms with E-state index in [0.717, 1.165) is 36.4 Å². The predicted molar refractivity (Wildman–Crippen MR) is 75.3 cm³/mol. The number of anilines is 1. The van der Waals surface area contributed by atoms with Crippen LogP contribution in [-0.2, 0) is 10.0 Å². The normalized spacial score (nSPS) is 11.1. The fourth-order valence-corrected chi connectivity index (χ4v) is 2.85. The van der Waals surface area contributed by atoms with Gasteiger partial charge < -0.3 is 0 Å². The first-order chi connectivity index (χ1) is 9.79. The molecule has 0 saturated carbocycles. The van der Waals surface area contributed by atoms with Gasteiger partial charge in [-0.1, -0.05) is 11.6 Å². The van der Waals surface area contributed by atoms with Gasteiger partial charge in [-0.3, -0.25) is 14.8 Å². The van der Waals surface area contributed by atoms with Crippen molar-refractivity contribution in [3.63, 3.8) is 0 Å². The molecule has 0 unspecified atom stereocenters. The smallest absolute Gasteiger partial charge is 0.280 e. The number of rotatable bonds is 4. The largest absolute Gasteiger partial charge is 0.288 e. The van der Waals surface area contributed by atoms with Crippen LogP contribution in [-0.4, -0.2) is 13.3 Å². The predicted octanol–water partition coefficient (Wildman–Crippen LogP) is 3.19. The van der Waals surface area contributed by atoms with Gasteiger partial charge in [0.25, 0.3) is 15.7 Å². The van der Waals surface area contributed by atoms with Crippen LogP contribution < -0.4 is 4.72 Å². The molecule has 9 heteroatoms. The van der Waals surface area contributed by atoms with Gasteiger partial charge in [-0.25, -0.2) is 12.8 Å². The zero-order valence-electron chi connectivity index (χ0n) is 10.3. The Morgan fingerprint density at radius 2 is 1.76 bits per heavy atom. The molecule has 0 amide bonds. The number of benzene rings is 2. The number of sulfonamides is 1. The molecular formula is C12H8ClFN2O4S. The van der Waals surface area contributed by atoms with Gasteiger partial charge in [-0.2, -0.15) is 0 Å². The minimum atomic E-state index is -3.93. The van der Waals surface area contributed by atoms with Crippen LogP contribution in [0.5, 0.6) is 0 Å². The van der Waals surface area contributed by atoms with Gasteiger partial charge in [0.1, 0.15) is 10.8 Å². The van der Waals surface area contributed by atoms with E-state index >= 15 is 0 Å². The van der Waals surface area contributed by atoms with Crippen molar-refractivity contribution < 1.29 is 17.7 Å². The Balaban J connectivity index is 2.31. The third kappa shape index (κ3) is 3.47. The maximum absolute atomic E-state index is 12.8. The zero-order valence-corrected chi connectivity index (χ0v) is 11.9. The van der Waals surface area contributed by atoms with Crippen LogP contribution in [0.1, 0.15) is 0 Å². The molecule has 0 atom stereocenters. The molecule has 6 nitrogen and oxygen atoms in total. The number of hydrogen-bond acceptors (Lipinski definition) is 4. The summed E-state index contributed by atoms with van der Waals surface area (Å²) in [7, 11) is -3.93. The van der Waals surface area contributed by atoms with E-state index in [9.17, 15) is 22.9 Å². The summed E-state index contributed by atoms with van der Waals surface area (Å²) < 4.78 is 39.0. The molecule has 0 radical (unpaired) electrons. The maximum atomic E-state index is 12.8. The van der Waals surface area contributed by atoms with Crippen molar-refractivity contribution in [1.29, 1.82) is 0 Å². The molecule has 0 spiro atoms. The Morgan fingerprint density at radius 3 is 2.29 bits per heavy atom. The molecule has 2 aromatic rings.